The predicted molar refractivity (Wildman–Crippen MR) is 52.0 cm³/mol. The van der Waals surface area contributed by atoms with E-state index in [1.165, 1.54) is 18.2 Å². The third-order valence-corrected chi connectivity index (χ3v) is 3.05. The van der Waals surface area contributed by atoms with E-state index in [0.717, 1.165) is 0 Å². The SMILES string of the molecule is NS(=O)(=O)c1ccc2c(c1)CC(=O)CO2. The van der Waals surface area contributed by atoms with E-state index < -0.39 is 10.0 Å². The first kappa shape index (κ1) is 10.1. The second kappa shape index (κ2) is 3.32. The molecule has 0 saturated heterocycles. The van der Waals surface area contributed by atoms with Crippen LogP contribution >= 0.6 is 0 Å². The van der Waals surface area contributed by atoms with Crippen LogP contribution in [-0.2, 0) is 21.2 Å². The van der Waals surface area contributed by atoms with Gasteiger partial charge >= 0.3 is 0 Å². The van der Waals surface area contributed by atoms with E-state index in [4.69, 9.17) is 9.88 Å². The Labute approximate surface area is 86.9 Å². The molecule has 0 unspecified atom stereocenters. The van der Waals surface area contributed by atoms with E-state index in [0.29, 0.717) is 11.3 Å². The highest BCUT2D eigenvalue weighted by Crippen LogP contribution is 2.25. The lowest BCUT2D eigenvalue weighted by atomic mass is 10.1. The molecular weight excluding hydrogens is 218 g/mol. The van der Waals surface area contributed by atoms with Crippen LogP contribution in [-0.4, -0.2) is 20.8 Å². The summed E-state index contributed by atoms with van der Waals surface area (Å²) in [5.74, 6) is 0.469. The predicted octanol–water partition coefficient (Wildman–Crippen LogP) is -0.162. The van der Waals surface area contributed by atoms with Crippen LogP contribution < -0.4 is 9.88 Å². The first-order valence-electron chi connectivity index (χ1n) is 4.27. The number of Topliss-reactive ketones (excluding diaryl/α,β-unsaturated/α-hetero) is 1. The van der Waals surface area contributed by atoms with E-state index in [9.17, 15) is 13.2 Å². The molecule has 2 rings (SSSR count). The molecule has 1 aromatic carbocycles. The third-order valence-electron chi connectivity index (χ3n) is 2.14. The van der Waals surface area contributed by atoms with Gasteiger partial charge in [0.05, 0.1) is 4.90 Å². The van der Waals surface area contributed by atoms with Crippen LogP contribution in [0.3, 0.4) is 0 Å². The molecule has 1 heterocycles. The average Bonchev–Trinajstić information content (AvgIpc) is 2.15. The Balaban J connectivity index is 2.50. The minimum Gasteiger partial charge on any atom is -0.486 e. The van der Waals surface area contributed by atoms with Crippen molar-refractivity contribution in [2.75, 3.05) is 6.61 Å². The quantitative estimate of drug-likeness (QED) is 0.722. The van der Waals surface area contributed by atoms with E-state index in [-0.39, 0.29) is 23.7 Å². The van der Waals surface area contributed by atoms with Crippen molar-refractivity contribution in [1.29, 1.82) is 0 Å². The van der Waals surface area contributed by atoms with Crippen LogP contribution in [0.2, 0.25) is 0 Å². The summed E-state index contributed by atoms with van der Waals surface area (Å²) in [5, 5.41) is 4.97. The number of carbonyl (C=O) groups excluding carboxylic acids is 1. The van der Waals surface area contributed by atoms with Crippen molar-refractivity contribution in [2.45, 2.75) is 11.3 Å². The van der Waals surface area contributed by atoms with Gasteiger partial charge in [0.25, 0.3) is 0 Å². The maximum absolute atomic E-state index is 11.1. The van der Waals surface area contributed by atoms with Gasteiger partial charge < -0.3 is 4.74 Å². The first-order chi connectivity index (χ1) is 6.97. The number of hydrogen-bond acceptors (Lipinski definition) is 4. The topological polar surface area (TPSA) is 86.5 Å². The van der Waals surface area contributed by atoms with Gasteiger partial charge in [0.2, 0.25) is 10.0 Å². The molecule has 0 aromatic heterocycles. The first-order valence-corrected chi connectivity index (χ1v) is 5.82. The van der Waals surface area contributed by atoms with Gasteiger partial charge in [-0.1, -0.05) is 0 Å². The molecule has 0 amide bonds. The Morgan fingerprint density at radius 1 is 1.33 bits per heavy atom. The van der Waals surface area contributed by atoms with Crippen molar-refractivity contribution in [3.05, 3.63) is 23.8 Å². The number of rotatable bonds is 1. The maximum atomic E-state index is 11.1. The summed E-state index contributed by atoms with van der Waals surface area (Å²) >= 11 is 0. The number of ketones is 1. The number of hydrogen-bond donors (Lipinski definition) is 1. The van der Waals surface area contributed by atoms with Crippen LogP contribution in [0.5, 0.6) is 5.75 Å². The Kier molecular flexibility index (Phi) is 2.24. The molecule has 0 aliphatic carbocycles. The molecule has 0 radical (unpaired) electrons. The molecule has 0 fully saturated rings. The zero-order valence-electron chi connectivity index (χ0n) is 7.76. The van der Waals surface area contributed by atoms with Crippen molar-refractivity contribution >= 4 is 15.8 Å². The highest BCUT2D eigenvalue weighted by molar-refractivity contribution is 7.89. The lowest BCUT2D eigenvalue weighted by molar-refractivity contribution is -0.121. The summed E-state index contributed by atoms with van der Waals surface area (Å²) in [6.07, 6.45) is 0.193. The van der Waals surface area contributed by atoms with Gasteiger partial charge in [-0.15, -0.1) is 0 Å². The van der Waals surface area contributed by atoms with E-state index in [1.54, 1.807) is 0 Å². The van der Waals surface area contributed by atoms with Crippen molar-refractivity contribution in [1.82, 2.24) is 0 Å². The zero-order chi connectivity index (χ0) is 11.1. The largest absolute Gasteiger partial charge is 0.486 e. The average molecular weight is 227 g/mol. The number of carbonyl (C=O) groups is 1. The van der Waals surface area contributed by atoms with Crippen LogP contribution in [0, 0.1) is 0 Å². The molecular formula is C9H9NO4S. The molecule has 2 N–H and O–H groups in total. The molecule has 80 valence electrons. The van der Waals surface area contributed by atoms with Gasteiger partial charge in [-0.3, -0.25) is 4.79 Å². The molecule has 6 heteroatoms. The smallest absolute Gasteiger partial charge is 0.238 e. The summed E-state index contributed by atoms with van der Waals surface area (Å²) in [4.78, 5) is 11.1. The molecule has 0 bridgehead atoms. The number of ether oxygens (including phenoxy) is 1. The normalized spacial score (nSPS) is 15.7. The van der Waals surface area contributed by atoms with E-state index in [2.05, 4.69) is 0 Å². The monoisotopic (exact) mass is 227 g/mol. The molecule has 5 nitrogen and oxygen atoms in total. The fourth-order valence-corrected chi connectivity index (χ4v) is 2.00. The number of primary sulfonamides is 1. The summed E-state index contributed by atoms with van der Waals surface area (Å²) in [6, 6.07) is 4.26. The minimum atomic E-state index is -3.72. The highest BCUT2D eigenvalue weighted by atomic mass is 32.2. The second-order valence-corrected chi connectivity index (χ2v) is 4.88. The highest BCUT2D eigenvalue weighted by Gasteiger charge is 2.19. The Hall–Kier alpha value is -1.40. The fourth-order valence-electron chi connectivity index (χ4n) is 1.43. The van der Waals surface area contributed by atoms with Gasteiger partial charge in [0.15, 0.2) is 5.78 Å². The lowest BCUT2D eigenvalue weighted by Gasteiger charge is -2.16. The lowest BCUT2D eigenvalue weighted by Crippen LogP contribution is -2.21. The van der Waals surface area contributed by atoms with E-state index >= 15 is 0 Å². The van der Waals surface area contributed by atoms with E-state index in [1.807, 2.05) is 0 Å². The second-order valence-electron chi connectivity index (χ2n) is 3.32. The van der Waals surface area contributed by atoms with Crippen LogP contribution in [0.1, 0.15) is 5.56 Å². The molecule has 1 aliphatic rings. The molecule has 1 aromatic rings. The Morgan fingerprint density at radius 2 is 2.07 bits per heavy atom. The Bertz CT molecular complexity index is 521. The minimum absolute atomic E-state index is 0.000417. The van der Waals surface area contributed by atoms with Crippen LogP contribution in [0.15, 0.2) is 23.1 Å². The number of nitrogens with two attached hydrogens (primary N) is 1. The molecule has 0 saturated carbocycles. The van der Waals surface area contributed by atoms with Crippen molar-refractivity contribution < 1.29 is 17.9 Å². The summed E-state index contributed by atoms with van der Waals surface area (Å²) in [7, 11) is -3.72. The zero-order valence-corrected chi connectivity index (χ0v) is 8.58. The summed E-state index contributed by atoms with van der Waals surface area (Å²) < 4.78 is 27.2. The third kappa shape index (κ3) is 2.00. The molecule has 0 atom stereocenters. The van der Waals surface area contributed by atoms with Gasteiger partial charge in [-0.25, -0.2) is 13.6 Å². The fraction of sp³-hybridized carbons (Fsp3) is 0.222. The van der Waals surface area contributed by atoms with Crippen molar-refractivity contribution in [3.63, 3.8) is 0 Å². The summed E-state index contributed by atoms with van der Waals surface area (Å²) in [6.45, 7) is 0.0434. The van der Waals surface area contributed by atoms with Crippen LogP contribution in [0.25, 0.3) is 0 Å². The van der Waals surface area contributed by atoms with Gasteiger partial charge in [-0.2, -0.15) is 0 Å². The van der Waals surface area contributed by atoms with Crippen molar-refractivity contribution in [3.8, 4) is 5.75 Å². The molecule has 0 spiro atoms. The Morgan fingerprint density at radius 3 is 2.73 bits per heavy atom. The number of benzene rings is 1. The van der Waals surface area contributed by atoms with Gasteiger partial charge in [0.1, 0.15) is 12.4 Å². The van der Waals surface area contributed by atoms with Crippen LogP contribution in [0.4, 0.5) is 0 Å². The number of fused-ring (bicyclic) bond motifs is 1. The number of sulfonamides is 1. The van der Waals surface area contributed by atoms with Gasteiger partial charge in [-0.05, 0) is 18.2 Å². The van der Waals surface area contributed by atoms with Crippen molar-refractivity contribution in [2.24, 2.45) is 5.14 Å². The molecule has 15 heavy (non-hydrogen) atoms. The molecule has 1 aliphatic heterocycles. The summed E-state index contributed by atoms with van der Waals surface area (Å²) in [5.41, 5.74) is 0.567. The maximum Gasteiger partial charge on any atom is 0.238 e. The standard InChI is InChI=1S/C9H9NO4S/c10-15(12,13)8-1-2-9-6(4-8)3-7(11)5-14-9/h1-2,4H,3,5H2,(H2,10,12,13). The van der Waals surface area contributed by atoms with Gasteiger partial charge in [0, 0.05) is 12.0 Å².